The van der Waals surface area contributed by atoms with E-state index >= 15 is 0 Å². The van der Waals surface area contributed by atoms with E-state index in [1.165, 1.54) is 16.4 Å². The Kier molecular flexibility index (Phi) is 5.90. The van der Waals surface area contributed by atoms with Gasteiger partial charge in [0.1, 0.15) is 0 Å². The Morgan fingerprint density at radius 1 is 1.22 bits per heavy atom. The van der Waals surface area contributed by atoms with Crippen LogP contribution in [0.4, 0.5) is 0 Å². The summed E-state index contributed by atoms with van der Waals surface area (Å²) >= 11 is 0. The minimum Gasteiger partial charge on any atom is -0.267 e. The zero-order valence-corrected chi connectivity index (χ0v) is 14.4. The zero-order valence-electron chi connectivity index (χ0n) is 13.6. The quantitative estimate of drug-likeness (QED) is 0.639. The van der Waals surface area contributed by atoms with Crippen LogP contribution in [0, 0.1) is 0 Å². The maximum absolute atomic E-state index is 12.5. The Labute approximate surface area is 137 Å². The number of nitrogens with one attached hydrogen (secondary N) is 1. The largest absolute Gasteiger partial charge is 0.271 e. The van der Waals surface area contributed by atoms with Crippen LogP contribution in [0.1, 0.15) is 49.9 Å². The maximum Gasteiger partial charge on any atom is 0.271 e. The third-order valence-corrected chi connectivity index (χ3v) is 5.83. The molecule has 23 heavy (non-hydrogen) atoms. The molecule has 0 bridgehead atoms. The van der Waals surface area contributed by atoms with Crippen LogP contribution in [0.15, 0.2) is 34.3 Å². The molecule has 0 spiro atoms. The maximum atomic E-state index is 12.5. The van der Waals surface area contributed by atoms with E-state index < -0.39 is 15.9 Å². The van der Waals surface area contributed by atoms with Gasteiger partial charge in [0.15, 0.2) is 0 Å². The van der Waals surface area contributed by atoms with Gasteiger partial charge in [-0.05, 0) is 43.9 Å². The van der Waals surface area contributed by atoms with Crippen molar-refractivity contribution in [2.24, 2.45) is 5.10 Å². The number of amides is 1. The first-order valence-electron chi connectivity index (χ1n) is 7.95. The van der Waals surface area contributed by atoms with Crippen LogP contribution in [0.25, 0.3) is 0 Å². The third kappa shape index (κ3) is 4.17. The van der Waals surface area contributed by atoms with Crippen LogP contribution < -0.4 is 5.43 Å². The molecule has 2 rings (SSSR count). The average Bonchev–Trinajstić information content (AvgIpc) is 3.11. The second-order valence-corrected chi connectivity index (χ2v) is 7.40. The highest BCUT2D eigenvalue weighted by Gasteiger charge is 2.27. The van der Waals surface area contributed by atoms with Gasteiger partial charge in [-0.2, -0.15) is 9.41 Å². The standard InChI is InChI=1S/C16H23N3O3S/c1-3-14(4-2)17-18-16(20)13-8-7-9-15(12-13)23(21,22)19-10-5-6-11-19/h7-9,12H,3-6,10-11H2,1-2H3,(H,18,20). The summed E-state index contributed by atoms with van der Waals surface area (Å²) in [7, 11) is -3.52. The van der Waals surface area contributed by atoms with Crippen LogP contribution in [0.3, 0.4) is 0 Å². The molecule has 0 atom stereocenters. The molecular formula is C16H23N3O3S. The van der Waals surface area contributed by atoms with Gasteiger partial charge in [0.25, 0.3) is 5.91 Å². The summed E-state index contributed by atoms with van der Waals surface area (Å²) in [5, 5.41) is 4.06. The molecule has 1 saturated heterocycles. The lowest BCUT2D eigenvalue weighted by Gasteiger charge is -2.15. The molecule has 0 radical (unpaired) electrons. The molecule has 6 nitrogen and oxygen atoms in total. The molecule has 1 amide bonds. The molecule has 1 N–H and O–H groups in total. The topological polar surface area (TPSA) is 78.8 Å². The number of carbonyl (C=O) groups excluding carboxylic acids is 1. The van der Waals surface area contributed by atoms with Gasteiger partial charge in [-0.25, -0.2) is 13.8 Å². The smallest absolute Gasteiger partial charge is 0.267 e. The van der Waals surface area contributed by atoms with Crippen molar-refractivity contribution in [2.45, 2.75) is 44.4 Å². The van der Waals surface area contributed by atoms with Crippen LogP contribution in [0.2, 0.25) is 0 Å². The summed E-state index contributed by atoms with van der Waals surface area (Å²) < 4.78 is 26.5. The fourth-order valence-electron chi connectivity index (χ4n) is 2.48. The number of rotatable bonds is 6. The Morgan fingerprint density at radius 3 is 2.48 bits per heavy atom. The number of hydrazone groups is 1. The van der Waals surface area contributed by atoms with Gasteiger partial charge in [0.05, 0.1) is 4.90 Å². The van der Waals surface area contributed by atoms with Crippen molar-refractivity contribution in [1.29, 1.82) is 0 Å². The number of nitrogens with zero attached hydrogens (tertiary/aromatic N) is 2. The summed E-state index contributed by atoms with van der Waals surface area (Å²) in [4.78, 5) is 12.3. The first kappa shape index (κ1) is 17.6. The molecule has 0 aliphatic carbocycles. The lowest BCUT2D eigenvalue weighted by atomic mass is 10.2. The van der Waals surface area contributed by atoms with Gasteiger partial charge in [0, 0.05) is 24.4 Å². The van der Waals surface area contributed by atoms with Crippen LogP contribution in [-0.2, 0) is 10.0 Å². The molecule has 1 heterocycles. The van der Waals surface area contributed by atoms with Gasteiger partial charge in [-0.3, -0.25) is 4.79 Å². The van der Waals surface area contributed by atoms with Gasteiger partial charge in [-0.1, -0.05) is 19.9 Å². The second-order valence-electron chi connectivity index (χ2n) is 5.47. The number of carbonyl (C=O) groups is 1. The Balaban J connectivity index is 2.19. The first-order valence-corrected chi connectivity index (χ1v) is 9.39. The van der Waals surface area contributed by atoms with Crippen LogP contribution in [-0.4, -0.2) is 37.4 Å². The van der Waals surface area contributed by atoms with Crippen LogP contribution in [0.5, 0.6) is 0 Å². The summed E-state index contributed by atoms with van der Waals surface area (Å²) in [6, 6.07) is 6.11. The lowest BCUT2D eigenvalue weighted by molar-refractivity contribution is 0.0954. The number of hydrogen-bond acceptors (Lipinski definition) is 4. The molecule has 0 unspecified atom stereocenters. The Bertz CT molecular complexity index is 686. The summed E-state index contributed by atoms with van der Waals surface area (Å²) in [6.07, 6.45) is 3.29. The zero-order chi connectivity index (χ0) is 16.9. The highest BCUT2D eigenvalue weighted by molar-refractivity contribution is 7.89. The lowest BCUT2D eigenvalue weighted by Crippen LogP contribution is -2.28. The van der Waals surface area contributed by atoms with Crippen molar-refractivity contribution in [1.82, 2.24) is 9.73 Å². The summed E-state index contributed by atoms with van der Waals surface area (Å²) in [6.45, 7) is 5.02. The van der Waals surface area contributed by atoms with E-state index in [2.05, 4.69) is 10.5 Å². The molecule has 126 valence electrons. The fourth-order valence-corrected chi connectivity index (χ4v) is 4.04. The van der Waals surface area contributed by atoms with E-state index in [-0.39, 0.29) is 4.90 Å². The van der Waals surface area contributed by atoms with E-state index in [1.54, 1.807) is 12.1 Å². The molecule has 1 aliphatic heterocycles. The fraction of sp³-hybridized carbons (Fsp3) is 0.500. The highest BCUT2D eigenvalue weighted by atomic mass is 32.2. The predicted molar refractivity (Wildman–Crippen MR) is 89.9 cm³/mol. The first-order chi connectivity index (χ1) is 11.0. The molecule has 7 heteroatoms. The molecule has 1 fully saturated rings. The van der Waals surface area contributed by atoms with Crippen molar-refractivity contribution in [2.75, 3.05) is 13.1 Å². The Hall–Kier alpha value is -1.73. The van der Waals surface area contributed by atoms with E-state index in [4.69, 9.17) is 0 Å². The molecule has 0 saturated carbocycles. The number of benzene rings is 1. The number of sulfonamides is 1. The normalized spacial score (nSPS) is 15.4. The van der Waals surface area contributed by atoms with Crippen molar-refractivity contribution in [3.8, 4) is 0 Å². The minimum atomic E-state index is -3.52. The van der Waals surface area contributed by atoms with E-state index in [9.17, 15) is 13.2 Å². The van der Waals surface area contributed by atoms with Gasteiger partial charge < -0.3 is 0 Å². The molecule has 1 aromatic rings. The van der Waals surface area contributed by atoms with Crippen molar-refractivity contribution in [3.63, 3.8) is 0 Å². The number of hydrogen-bond donors (Lipinski definition) is 1. The second kappa shape index (κ2) is 7.70. The predicted octanol–water partition coefficient (Wildman–Crippen LogP) is 2.38. The SMILES string of the molecule is CCC(CC)=NNC(=O)c1cccc(S(=O)(=O)N2CCCC2)c1. The van der Waals surface area contributed by atoms with E-state index in [1.807, 2.05) is 13.8 Å². The minimum absolute atomic E-state index is 0.155. The monoisotopic (exact) mass is 337 g/mol. The van der Waals surface area contributed by atoms with Gasteiger partial charge in [-0.15, -0.1) is 0 Å². The van der Waals surface area contributed by atoms with E-state index in [0.29, 0.717) is 18.7 Å². The van der Waals surface area contributed by atoms with E-state index in [0.717, 1.165) is 31.4 Å². The molecule has 1 aromatic carbocycles. The Morgan fingerprint density at radius 2 is 1.87 bits per heavy atom. The molecular weight excluding hydrogens is 314 g/mol. The van der Waals surface area contributed by atoms with Crippen molar-refractivity contribution < 1.29 is 13.2 Å². The molecule has 0 aromatic heterocycles. The van der Waals surface area contributed by atoms with Gasteiger partial charge in [0.2, 0.25) is 10.0 Å². The molecule has 1 aliphatic rings. The third-order valence-electron chi connectivity index (χ3n) is 3.93. The van der Waals surface area contributed by atoms with Crippen LogP contribution >= 0.6 is 0 Å². The van der Waals surface area contributed by atoms with Crippen molar-refractivity contribution in [3.05, 3.63) is 29.8 Å². The summed E-state index contributed by atoms with van der Waals surface area (Å²) in [5.41, 5.74) is 3.67. The average molecular weight is 337 g/mol. The van der Waals surface area contributed by atoms with Crippen molar-refractivity contribution >= 4 is 21.6 Å². The van der Waals surface area contributed by atoms with Gasteiger partial charge >= 0.3 is 0 Å². The highest BCUT2D eigenvalue weighted by Crippen LogP contribution is 2.21. The summed E-state index contributed by atoms with van der Waals surface area (Å²) in [5.74, 6) is -0.400.